The molecule has 0 bridgehead atoms. The van der Waals surface area contributed by atoms with E-state index in [1.807, 2.05) is 49.4 Å². The maximum absolute atomic E-state index is 9.34. The van der Waals surface area contributed by atoms with Crippen LogP contribution >= 0.6 is 24.4 Å². The Morgan fingerprint density at radius 2 is 1.24 bits per heavy atom. The standard InChI is InChI=1S/C17H18N4OS.C16H20N4OS/c1-22-16-5-3-2-4-15(16)21-10-8-20(9-11-21)14-6-7-19-17(23)13(14)12-18;1-12(13(11-17)16(18)22)19-7-9-20(10-8-19)14-5-3-4-6-15(14)21-2/h2-7H,8-11H2,1H3,(H,19,23);3-6H,7-10H2,1-2H3,(H2,18,22)/b;13-12-. The zero-order chi connectivity index (χ0) is 32.3. The Bertz CT molecular complexity index is 1660. The van der Waals surface area contributed by atoms with Gasteiger partial charge in [0.15, 0.2) is 0 Å². The number of nitrogens with one attached hydrogen (secondary N) is 1. The molecule has 0 amide bonds. The highest BCUT2D eigenvalue weighted by Crippen LogP contribution is 2.31. The fourth-order valence-corrected chi connectivity index (χ4v) is 5.98. The number of hydrogen-bond acceptors (Lipinski definition) is 10. The largest absolute Gasteiger partial charge is 0.495 e. The second-order valence-corrected chi connectivity index (χ2v) is 11.3. The highest BCUT2D eigenvalue weighted by Gasteiger charge is 2.23. The Morgan fingerprint density at radius 1 is 0.778 bits per heavy atom. The third-order valence-corrected chi connectivity index (χ3v) is 8.52. The predicted octanol–water partition coefficient (Wildman–Crippen LogP) is 4.85. The molecule has 2 aliphatic heterocycles. The molecule has 2 aromatic carbocycles. The summed E-state index contributed by atoms with van der Waals surface area (Å²) >= 11 is 10.1. The molecule has 0 unspecified atom stereocenters. The maximum Gasteiger partial charge on any atom is 0.142 e. The Balaban J connectivity index is 0.000000205. The monoisotopic (exact) mass is 642 g/mol. The highest BCUT2D eigenvalue weighted by molar-refractivity contribution is 7.80. The van der Waals surface area contributed by atoms with Gasteiger partial charge in [-0.1, -0.05) is 48.7 Å². The number of anilines is 3. The number of nitrogens with two attached hydrogens (primary N) is 1. The van der Waals surface area contributed by atoms with Gasteiger partial charge >= 0.3 is 0 Å². The van der Waals surface area contributed by atoms with Crippen molar-refractivity contribution < 1.29 is 9.47 Å². The Morgan fingerprint density at radius 3 is 1.69 bits per heavy atom. The number of rotatable bonds is 7. The molecule has 12 heteroatoms. The number of nitrogens with zero attached hydrogens (tertiary/aromatic N) is 6. The molecule has 5 rings (SSSR count). The summed E-state index contributed by atoms with van der Waals surface area (Å²) in [4.78, 5) is 12.0. The molecule has 3 N–H and O–H groups in total. The zero-order valence-corrected chi connectivity index (χ0v) is 27.5. The van der Waals surface area contributed by atoms with Crippen LogP contribution < -0.4 is 29.9 Å². The molecule has 2 fully saturated rings. The van der Waals surface area contributed by atoms with Crippen LogP contribution in [0.3, 0.4) is 0 Å². The van der Waals surface area contributed by atoms with E-state index in [9.17, 15) is 5.26 Å². The number of pyridine rings is 1. The molecule has 2 saturated heterocycles. The number of aromatic amines is 1. The molecule has 3 heterocycles. The SMILES string of the molecule is COc1ccccc1N1CCN(/C(C)=C(/C#N)C(N)=S)CC1.COc1ccccc1N1CCN(c2cc[nH]c(=S)c2C#N)CC1. The van der Waals surface area contributed by atoms with E-state index in [-0.39, 0.29) is 4.99 Å². The van der Waals surface area contributed by atoms with Gasteiger partial charge in [-0.05, 0) is 37.3 Å². The first-order chi connectivity index (χ1) is 21.8. The average Bonchev–Trinajstić information content (AvgIpc) is 3.08. The first-order valence-electron chi connectivity index (χ1n) is 14.6. The first kappa shape index (κ1) is 33.1. The van der Waals surface area contributed by atoms with Crippen molar-refractivity contribution in [3.63, 3.8) is 0 Å². The number of nitriles is 2. The molecule has 0 spiro atoms. The van der Waals surface area contributed by atoms with E-state index < -0.39 is 0 Å². The fourth-order valence-electron chi connectivity index (χ4n) is 5.57. The van der Waals surface area contributed by atoms with Gasteiger partial charge in [0.1, 0.15) is 44.4 Å². The lowest BCUT2D eigenvalue weighted by molar-refractivity contribution is 0.319. The van der Waals surface area contributed by atoms with Crippen LogP contribution in [0.2, 0.25) is 0 Å². The number of H-pyrrole nitrogens is 1. The number of para-hydroxylation sites is 4. The molecule has 1 aromatic heterocycles. The predicted molar refractivity (Wildman–Crippen MR) is 186 cm³/mol. The van der Waals surface area contributed by atoms with Crippen LogP contribution in [0.4, 0.5) is 17.1 Å². The second kappa shape index (κ2) is 15.8. The third kappa shape index (κ3) is 7.85. The smallest absolute Gasteiger partial charge is 0.142 e. The first-order valence-corrected chi connectivity index (χ1v) is 15.4. The van der Waals surface area contributed by atoms with E-state index in [1.54, 1.807) is 20.4 Å². The summed E-state index contributed by atoms with van der Waals surface area (Å²) in [5, 5.41) is 18.5. The number of thiocarbonyl (C=S) groups is 1. The molecule has 0 aliphatic carbocycles. The van der Waals surface area contributed by atoms with Crippen molar-refractivity contribution in [3.05, 3.63) is 82.3 Å². The van der Waals surface area contributed by atoms with Gasteiger partial charge in [-0.15, -0.1) is 0 Å². The van der Waals surface area contributed by atoms with Crippen molar-refractivity contribution in [3.8, 4) is 23.6 Å². The van der Waals surface area contributed by atoms with E-state index in [2.05, 4.69) is 48.9 Å². The number of benzene rings is 2. The summed E-state index contributed by atoms with van der Waals surface area (Å²) in [6.45, 7) is 8.66. The van der Waals surface area contributed by atoms with Gasteiger partial charge in [-0.2, -0.15) is 10.5 Å². The molecule has 2 aliphatic rings. The van der Waals surface area contributed by atoms with Crippen LogP contribution in [0, 0.1) is 27.3 Å². The maximum atomic E-state index is 9.34. The Labute approximate surface area is 275 Å². The summed E-state index contributed by atoms with van der Waals surface area (Å²) in [6.07, 6.45) is 1.80. The van der Waals surface area contributed by atoms with Gasteiger partial charge in [-0.3, -0.25) is 0 Å². The molecular weight excluding hydrogens is 605 g/mol. The van der Waals surface area contributed by atoms with Crippen molar-refractivity contribution in [2.75, 3.05) is 81.3 Å². The minimum Gasteiger partial charge on any atom is -0.495 e. The fraction of sp³-hybridized carbons (Fsp3) is 0.333. The van der Waals surface area contributed by atoms with Crippen molar-refractivity contribution in [1.29, 1.82) is 10.5 Å². The van der Waals surface area contributed by atoms with Crippen molar-refractivity contribution >= 4 is 46.5 Å². The van der Waals surface area contributed by atoms with Crippen LogP contribution in [0.25, 0.3) is 0 Å². The molecule has 0 saturated carbocycles. The third-order valence-electron chi connectivity index (χ3n) is 8.00. The van der Waals surface area contributed by atoms with Gasteiger partial charge in [0.2, 0.25) is 0 Å². The lowest BCUT2D eigenvalue weighted by atomic mass is 10.1. The molecule has 0 radical (unpaired) electrons. The van der Waals surface area contributed by atoms with Crippen LogP contribution in [0.15, 0.2) is 72.1 Å². The lowest BCUT2D eigenvalue weighted by Crippen LogP contribution is -2.46. The molecule has 0 atom stereocenters. The molecule has 3 aromatic rings. The van der Waals surface area contributed by atoms with Gasteiger partial charge in [0.25, 0.3) is 0 Å². The quantitative estimate of drug-likeness (QED) is 0.209. The van der Waals surface area contributed by atoms with Crippen molar-refractivity contribution in [2.45, 2.75) is 6.92 Å². The highest BCUT2D eigenvalue weighted by atomic mass is 32.1. The number of aromatic nitrogens is 1. The van der Waals surface area contributed by atoms with E-state index in [0.717, 1.165) is 86.6 Å². The molecular formula is C33H38N8O2S2. The Kier molecular flexibility index (Phi) is 11.6. The topological polar surface area (TPSA) is 121 Å². The van der Waals surface area contributed by atoms with Crippen LogP contribution in [0.1, 0.15) is 12.5 Å². The molecule has 45 heavy (non-hydrogen) atoms. The summed E-state index contributed by atoms with van der Waals surface area (Å²) in [6, 6.07) is 22.3. The molecule has 10 nitrogen and oxygen atoms in total. The van der Waals surface area contributed by atoms with Crippen molar-refractivity contribution in [2.24, 2.45) is 5.73 Å². The van der Waals surface area contributed by atoms with E-state index >= 15 is 0 Å². The Hall–Kier alpha value is -4.78. The van der Waals surface area contributed by atoms with E-state index in [4.69, 9.17) is 44.9 Å². The van der Waals surface area contributed by atoms with Gasteiger partial charge < -0.3 is 39.8 Å². The minimum atomic E-state index is 0.159. The van der Waals surface area contributed by atoms with Crippen LogP contribution in [-0.4, -0.2) is 81.5 Å². The van der Waals surface area contributed by atoms with Gasteiger partial charge in [0.05, 0.1) is 31.3 Å². The zero-order valence-electron chi connectivity index (χ0n) is 25.8. The minimum absolute atomic E-state index is 0.159. The summed E-state index contributed by atoms with van der Waals surface area (Å²) in [7, 11) is 3.38. The average molecular weight is 643 g/mol. The van der Waals surface area contributed by atoms with E-state index in [0.29, 0.717) is 15.8 Å². The number of ether oxygens (including phenoxy) is 2. The summed E-state index contributed by atoms with van der Waals surface area (Å²) < 4.78 is 11.4. The number of piperazine rings is 2. The van der Waals surface area contributed by atoms with Crippen LogP contribution in [-0.2, 0) is 0 Å². The lowest BCUT2D eigenvalue weighted by Gasteiger charge is -2.38. The van der Waals surface area contributed by atoms with Gasteiger partial charge in [0, 0.05) is 64.3 Å². The normalized spacial score (nSPS) is 15.1. The number of hydrogen-bond donors (Lipinski definition) is 2. The molecule has 234 valence electrons. The number of allylic oxidation sites excluding steroid dienone is 1. The van der Waals surface area contributed by atoms with Crippen LogP contribution in [0.5, 0.6) is 11.5 Å². The second-order valence-electron chi connectivity index (χ2n) is 10.4. The number of methoxy groups -OCH3 is 2. The van der Waals surface area contributed by atoms with E-state index in [1.165, 1.54) is 0 Å². The summed E-state index contributed by atoms with van der Waals surface area (Å²) in [5.41, 5.74) is 10.5. The van der Waals surface area contributed by atoms with Crippen molar-refractivity contribution in [1.82, 2.24) is 9.88 Å². The summed E-state index contributed by atoms with van der Waals surface area (Å²) in [5.74, 6) is 1.77. The van der Waals surface area contributed by atoms with Gasteiger partial charge in [-0.25, -0.2) is 0 Å².